The van der Waals surface area contributed by atoms with Gasteiger partial charge in [0.2, 0.25) is 5.76 Å². The first-order valence-corrected chi connectivity index (χ1v) is 6.99. The van der Waals surface area contributed by atoms with Gasteiger partial charge in [-0.3, -0.25) is 0 Å². The Morgan fingerprint density at radius 2 is 2.15 bits per heavy atom. The van der Waals surface area contributed by atoms with Crippen molar-refractivity contribution in [3.05, 3.63) is 29.3 Å². The van der Waals surface area contributed by atoms with E-state index in [9.17, 15) is 4.79 Å². The Bertz CT molecular complexity index is 622. The number of aryl methyl sites for hydroxylation is 1. The van der Waals surface area contributed by atoms with Crippen LogP contribution in [0.3, 0.4) is 0 Å². The van der Waals surface area contributed by atoms with E-state index in [4.69, 9.17) is 13.6 Å². The van der Waals surface area contributed by atoms with Gasteiger partial charge < -0.3 is 13.6 Å². The minimum Gasteiger partial charge on any atom is -0.460 e. The maximum absolute atomic E-state index is 11.9. The second-order valence-corrected chi connectivity index (χ2v) is 4.85. The Kier molecular flexibility index (Phi) is 3.34. The smallest absolute Gasteiger partial charge is 0.376 e. The van der Waals surface area contributed by atoms with Gasteiger partial charge in [-0.2, -0.15) is 0 Å². The molecule has 2 heterocycles. The summed E-state index contributed by atoms with van der Waals surface area (Å²) in [4.78, 5) is 16.3. The van der Waals surface area contributed by atoms with E-state index in [1.54, 1.807) is 6.92 Å². The van der Waals surface area contributed by atoms with Gasteiger partial charge in [-0.25, -0.2) is 9.78 Å². The zero-order valence-corrected chi connectivity index (χ0v) is 11.6. The second kappa shape index (κ2) is 5.15. The van der Waals surface area contributed by atoms with Crippen molar-refractivity contribution in [1.82, 2.24) is 4.98 Å². The van der Waals surface area contributed by atoms with Crippen LogP contribution in [0.1, 0.15) is 54.6 Å². The lowest BCUT2D eigenvalue weighted by molar-refractivity contribution is 0.0489. The molecule has 1 aliphatic carbocycles. The molecule has 0 aromatic carbocycles. The Morgan fingerprint density at radius 3 is 2.75 bits per heavy atom. The van der Waals surface area contributed by atoms with E-state index in [1.807, 2.05) is 19.1 Å². The highest BCUT2D eigenvalue weighted by atomic mass is 16.5. The lowest BCUT2D eigenvalue weighted by Gasteiger charge is -1.98. The maximum Gasteiger partial charge on any atom is 0.376 e. The highest BCUT2D eigenvalue weighted by Gasteiger charge is 2.34. The fourth-order valence-electron chi connectivity index (χ4n) is 2.10. The molecule has 1 fully saturated rings. The molecule has 0 aliphatic heterocycles. The summed E-state index contributed by atoms with van der Waals surface area (Å²) >= 11 is 0. The predicted octanol–water partition coefficient (Wildman–Crippen LogP) is 3.55. The fraction of sp³-hybridized carbons (Fsp3) is 0.467. The monoisotopic (exact) mass is 275 g/mol. The van der Waals surface area contributed by atoms with E-state index in [0.717, 1.165) is 25.0 Å². The number of hydrogen-bond donors (Lipinski definition) is 0. The number of nitrogens with zero attached hydrogens (tertiary/aromatic N) is 1. The molecule has 2 aromatic rings. The molecule has 5 nitrogen and oxygen atoms in total. The van der Waals surface area contributed by atoms with Crippen molar-refractivity contribution in [3.63, 3.8) is 0 Å². The fourth-order valence-corrected chi connectivity index (χ4v) is 2.10. The van der Waals surface area contributed by atoms with Crippen molar-refractivity contribution < 1.29 is 18.4 Å². The number of carbonyl (C=O) groups excluding carboxylic acids is 1. The Labute approximate surface area is 116 Å². The number of furan rings is 1. The number of rotatable bonds is 5. The van der Waals surface area contributed by atoms with Crippen molar-refractivity contribution in [1.29, 1.82) is 0 Å². The normalized spacial score (nSPS) is 14.5. The lowest BCUT2D eigenvalue weighted by Crippen LogP contribution is -2.05. The van der Waals surface area contributed by atoms with Crippen LogP contribution in [0.2, 0.25) is 0 Å². The van der Waals surface area contributed by atoms with Crippen LogP contribution in [0.4, 0.5) is 0 Å². The van der Waals surface area contributed by atoms with E-state index in [1.165, 1.54) is 0 Å². The Morgan fingerprint density at radius 1 is 1.35 bits per heavy atom. The predicted molar refractivity (Wildman–Crippen MR) is 71.5 cm³/mol. The molecule has 0 N–H and O–H groups in total. The zero-order chi connectivity index (χ0) is 14.1. The van der Waals surface area contributed by atoms with Gasteiger partial charge in [-0.15, -0.1) is 0 Å². The van der Waals surface area contributed by atoms with Crippen molar-refractivity contribution >= 4 is 5.97 Å². The van der Waals surface area contributed by atoms with E-state index in [-0.39, 0.29) is 5.76 Å². The molecule has 0 atom stereocenters. The summed E-state index contributed by atoms with van der Waals surface area (Å²) in [6, 6.07) is 3.71. The van der Waals surface area contributed by atoms with E-state index < -0.39 is 5.97 Å². The topological polar surface area (TPSA) is 65.5 Å². The van der Waals surface area contributed by atoms with E-state index >= 15 is 0 Å². The molecule has 1 saturated carbocycles. The van der Waals surface area contributed by atoms with Crippen LogP contribution in [0.25, 0.3) is 11.7 Å². The minimum absolute atomic E-state index is 0.221. The summed E-state index contributed by atoms with van der Waals surface area (Å²) in [7, 11) is 0. The summed E-state index contributed by atoms with van der Waals surface area (Å²) in [5.74, 6) is 1.86. The average molecular weight is 275 g/mol. The molecule has 0 amide bonds. The lowest BCUT2D eigenvalue weighted by atomic mass is 10.2. The third-order valence-corrected chi connectivity index (χ3v) is 3.30. The molecule has 20 heavy (non-hydrogen) atoms. The second-order valence-electron chi connectivity index (χ2n) is 4.85. The number of ether oxygens (including phenoxy) is 1. The van der Waals surface area contributed by atoms with Crippen molar-refractivity contribution in [2.75, 3.05) is 6.61 Å². The molecule has 0 unspecified atom stereocenters. The molecular formula is C15H17NO4. The summed E-state index contributed by atoms with van der Waals surface area (Å²) in [5.41, 5.74) is 0.702. The number of esters is 1. The molecule has 106 valence electrons. The van der Waals surface area contributed by atoms with Gasteiger partial charge in [-0.1, -0.05) is 6.92 Å². The quantitative estimate of drug-likeness (QED) is 0.781. The van der Waals surface area contributed by atoms with Crippen LogP contribution in [0, 0.1) is 0 Å². The summed E-state index contributed by atoms with van der Waals surface area (Å²) < 4.78 is 16.2. The van der Waals surface area contributed by atoms with E-state index in [2.05, 4.69) is 4.98 Å². The average Bonchev–Trinajstić information content (AvgIpc) is 3.03. The summed E-state index contributed by atoms with van der Waals surface area (Å²) in [6.45, 7) is 4.10. The van der Waals surface area contributed by atoms with Gasteiger partial charge in [0.25, 0.3) is 5.89 Å². The van der Waals surface area contributed by atoms with Crippen molar-refractivity contribution in [2.45, 2.75) is 39.0 Å². The first-order valence-electron chi connectivity index (χ1n) is 6.99. The summed E-state index contributed by atoms with van der Waals surface area (Å²) in [5, 5.41) is 0. The van der Waals surface area contributed by atoms with Gasteiger partial charge in [-0.05, 0) is 31.9 Å². The highest BCUT2D eigenvalue weighted by molar-refractivity contribution is 5.88. The molecule has 0 bridgehead atoms. The molecule has 5 heteroatoms. The van der Waals surface area contributed by atoms with Crippen LogP contribution in [-0.2, 0) is 11.2 Å². The number of aromatic nitrogens is 1. The summed E-state index contributed by atoms with van der Waals surface area (Å²) in [6.07, 6.45) is 2.88. The number of carbonyl (C=O) groups is 1. The van der Waals surface area contributed by atoms with Crippen LogP contribution in [0.15, 0.2) is 21.0 Å². The highest BCUT2D eigenvalue weighted by Crippen LogP contribution is 2.42. The number of oxazole rings is 1. The van der Waals surface area contributed by atoms with Crippen LogP contribution in [-0.4, -0.2) is 17.6 Å². The van der Waals surface area contributed by atoms with Crippen LogP contribution < -0.4 is 0 Å². The molecule has 0 radical (unpaired) electrons. The minimum atomic E-state index is -0.449. The molecule has 1 aliphatic rings. The third-order valence-electron chi connectivity index (χ3n) is 3.30. The van der Waals surface area contributed by atoms with Crippen LogP contribution in [0.5, 0.6) is 0 Å². The molecule has 0 saturated heterocycles. The van der Waals surface area contributed by atoms with Gasteiger partial charge >= 0.3 is 5.97 Å². The van der Waals surface area contributed by atoms with Crippen molar-refractivity contribution in [2.24, 2.45) is 0 Å². The first kappa shape index (κ1) is 13.0. The molecular weight excluding hydrogens is 258 g/mol. The van der Waals surface area contributed by atoms with Gasteiger partial charge in [0.15, 0.2) is 5.76 Å². The molecule has 3 rings (SSSR count). The first-order chi connectivity index (χ1) is 9.72. The van der Waals surface area contributed by atoms with Gasteiger partial charge in [0.05, 0.1) is 12.3 Å². The van der Waals surface area contributed by atoms with Gasteiger partial charge in [0.1, 0.15) is 5.76 Å². The maximum atomic E-state index is 11.9. The largest absolute Gasteiger partial charge is 0.460 e. The Hall–Kier alpha value is -2.04. The van der Waals surface area contributed by atoms with E-state index in [0.29, 0.717) is 29.9 Å². The standard InChI is InChI=1S/C15H17NO4/c1-3-10-7-8-11(19-10)14-16-12(9-5-6-9)13(20-14)15(17)18-4-2/h7-9H,3-6H2,1-2H3. The zero-order valence-electron chi connectivity index (χ0n) is 11.6. The Balaban J connectivity index is 1.96. The number of hydrogen-bond acceptors (Lipinski definition) is 5. The third kappa shape index (κ3) is 2.35. The molecule has 2 aromatic heterocycles. The van der Waals surface area contributed by atoms with Gasteiger partial charge in [0, 0.05) is 12.3 Å². The van der Waals surface area contributed by atoms with Crippen LogP contribution >= 0.6 is 0 Å². The van der Waals surface area contributed by atoms with Crippen molar-refractivity contribution in [3.8, 4) is 11.7 Å². The SMILES string of the molecule is CCOC(=O)c1oc(-c2ccc(CC)o2)nc1C1CC1. The molecule has 0 spiro atoms.